The molecule has 26 heavy (non-hydrogen) atoms. The molecule has 0 atom stereocenters. The van der Waals surface area contributed by atoms with Crippen molar-refractivity contribution in [3.63, 3.8) is 0 Å². The molecular weight excluding hydrogens is 326 g/mol. The molecule has 4 heteroatoms. The number of esters is 1. The van der Waals surface area contributed by atoms with Crippen LogP contribution in [0.3, 0.4) is 0 Å². The van der Waals surface area contributed by atoms with Gasteiger partial charge in [-0.05, 0) is 19.3 Å². The highest BCUT2D eigenvalue weighted by Gasteiger charge is 2.05. The molecule has 0 heterocycles. The van der Waals surface area contributed by atoms with E-state index in [0.717, 1.165) is 19.4 Å². The monoisotopic (exact) mass is 369 g/mol. The van der Waals surface area contributed by atoms with Crippen LogP contribution in [0.15, 0.2) is 0 Å². The fourth-order valence-corrected chi connectivity index (χ4v) is 2.96. The third-order valence-electron chi connectivity index (χ3n) is 4.60. The zero-order valence-corrected chi connectivity index (χ0v) is 17.5. The van der Waals surface area contributed by atoms with Gasteiger partial charge < -0.3 is 10.1 Å². The quantitative estimate of drug-likeness (QED) is 0.227. The highest BCUT2D eigenvalue weighted by molar-refractivity contribution is 5.76. The average molecular weight is 370 g/mol. The summed E-state index contributed by atoms with van der Waals surface area (Å²) in [5.74, 6) is -0.142. The average Bonchev–Trinajstić information content (AvgIpc) is 2.63. The third-order valence-corrected chi connectivity index (χ3v) is 4.60. The van der Waals surface area contributed by atoms with Crippen molar-refractivity contribution in [3.8, 4) is 0 Å². The Morgan fingerprint density at radius 1 is 0.654 bits per heavy atom. The van der Waals surface area contributed by atoms with Crippen molar-refractivity contribution < 1.29 is 14.3 Å². The van der Waals surface area contributed by atoms with Crippen LogP contribution in [0.25, 0.3) is 0 Å². The van der Waals surface area contributed by atoms with Crippen molar-refractivity contribution in [2.24, 2.45) is 0 Å². The van der Waals surface area contributed by atoms with Crippen LogP contribution in [0.2, 0.25) is 0 Å². The van der Waals surface area contributed by atoms with Crippen LogP contribution < -0.4 is 5.32 Å². The first kappa shape index (κ1) is 24.9. The molecule has 0 spiro atoms. The fourth-order valence-electron chi connectivity index (χ4n) is 2.96. The van der Waals surface area contributed by atoms with Gasteiger partial charge in [0.05, 0.1) is 6.61 Å². The number of carbonyl (C=O) groups is 2. The molecule has 0 aromatic rings. The highest BCUT2D eigenvalue weighted by atomic mass is 16.5. The minimum absolute atomic E-state index is 0.0522. The van der Waals surface area contributed by atoms with Gasteiger partial charge >= 0.3 is 5.97 Å². The molecule has 0 aromatic heterocycles. The number of amides is 1. The molecular formula is C22H43NO3. The lowest BCUT2D eigenvalue weighted by molar-refractivity contribution is -0.143. The van der Waals surface area contributed by atoms with Crippen LogP contribution in [0.1, 0.15) is 117 Å². The number of hydrogen-bond acceptors (Lipinski definition) is 3. The fraction of sp³-hybridized carbons (Fsp3) is 0.909. The summed E-state index contributed by atoms with van der Waals surface area (Å²) in [6.07, 6.45) is 18.1. The van der Waals surface area contributed by atoms with E-state index in [9.17, 15) is 9.59 Å². The molecule has 0 radical (unpaired) electrons. The zero-order valence-electron chi connectivity index (χ0n) is 17.5. The predicted octanol–water partition coefficient (Wildman–Crippen LogP) is 5.93. The molecule has 4 nitrogen and oxygen atoms in total. The first-order valence-corrected chi connectivity index (χ1v) is 11.1. The number of ether oxygens (including phenoxy) is 1. The van der Waals surface area contributed by atoms with Crippen LogP contribution >= 0.6 is 0 Å². The molecule has 0 aromatic carbocycles. The van der Waals surface area contributed by atoms with Crippen molar-refractivity contribution in [1.82, 2.24) is 5.32 Å². The van der Waals surface area contributed by atoms with Gasteiger partial charge in [0, 0.05) is 19.4 Å². The van der Waals surface area contributed by atoms with Crippen LogP contribution in [0, 0.1) is 0 Å². The van der Waals surface area contributed by atoms with Crippen LogP contribution in [0.5, 0.6) is 0 Å². The maximum absolute atomic E-state index is 11.7. The summed E-state index contributed by atoms with van der Waals surface area (Å²) < 4.78 is 4.98. The maximum atomic E-state index is 11.7. The largest absolute Gasteiger partial charge is 0.466 e. The van der Waals surface area contributed by atoms with Crippen LogP contribution in [-0.2, 0) is 14.3 Å². The lowest BCUT2D eigenvalue weighted by atomic mass is 10.1. The van der Waals surface area contributed by atoms with E-state index in [1.54, 1.807) is 0 Å². The topological polar surface area (TPSA) is 55.4 Å². The molecule has 0 aliphatic heterocycles. The molecule has 0 unspecified atom stereocenters. The first-order valence-electron chi connectivity index (χ1n) is 11.1. The Morgan fingerprint density at radius 3 is 1.73 bits per heavy atom. The third kappa shape index (κ3) is 19.3. The van der Waals surface area contributed by atoms with Gasteiger partial charge in [-0.25, -0.2) is 0 Å². The molecule has 0 saturated carbocycles. The summed E-state index contributed by atoms with van der Waals surface area (Å²) in [4.78, 5) is 23.0. The summed E-state index contributed by atoms with van der Waals surface area (Å²) in [5, 5.41) is 2.94. The summed E-state index contributed by atoms with van der Waals surface area (Å²) in [6, 6.07) is 0. The van der Waals surface area contributed by atoms with E-state index in [-0.39, 0.29) is 11.9 Å². The summed E-state index contributed by atoms with van der Waals surface area (Å²) in [5.41, 5.74) is 0. The smallest absolute Gasteiger partial charge is 0.305 e. The molecule has 1 amide bonds. The number of hydrogen-bond donors (Lipinski definition) is 1. The Hall–Kier alpha value is -1.06. The second kappa shape index (κ2) is 20.3. The van der Waals surface area contributed by atoms with Gasteiger partial charge in [0.1, 0.15) is 0 Å². The summed E-state index contributed by atoms with van der Waals surface area (Å²) >= 11 is 0. The molecule has 0 bridgehead atoms. The van der Waals surface area contributed by atoms with Gasteiger partial charge in [-0.1, -0.05) is 84.5 Å². The van der Waals surface area contributed by atoms with Crippen LogP contribution in [0.4, 0.5) is 0 Å². The molecule has 0 rings (SSSR count). The Bertz CT molecular complexity index is 331. The molecule has 0 aliphatic rings. The molecule has 0 aliphatic carbocycles. The Kier molecular flexibility index (Phi) is 19.4. The summed E-state index contributed by atoms with van der Waals surface area (Å²) in [7, 11) is 0. The Balaban J connectivity index is 3.22. The van der Waals surface area contributed by atoms with Gasteiger partial charge in [-0.15, -0.1) is 0 Å². The lowest BCUT2D eigenvalue weighted by Gasteiger charge is -2.06. The lowest BCUT2D eigenvalue weighted by Crippen LogP contribution is -2.24. The second-order valence-electron chi connectivity index (χ2n) is 7.31. The summed E-state index contributed by atoms with van der Waals surface area (Å²) in [6.45, 7) is 5.47. The van der Waals surface area contributed by atoms with Crippen molar-refractivity contribution in [1.29, 1.82) is 0 Å². The van der Waals surface area contributed by atoms with Gasteiger partial charge in [0.2, 0.25) is 5.91 Å². The number of carbonyl (C=O) groups excluding carboxylic acids is 2. The van der Waals surface area contributed by atoms with Gasteiger partial charge in [0.25, 0.3) is 0 Å². The van der Waals surface area contributed by atoms with E-state index in [1.807, 2.05) is 6.92 Å². The number of nitrogens with one attached hydrogen (secondary N) is 1. The van der Waals surface area contributed by atoms with E-state index in [1.165, 1.54) is 70.6 Å². The first-order chi connectivity index (χ1) is 12.7. The molecule has 0 fully saturated rings. The predicted molar refractivity (Wildman–Crippen MR) is 109 cm³/mol. The maximum Gasteiger partial charge on any atom is 0.305 e. The van der Waals surface area contributed by atoms with Gasteiger partial charge in [0.15, 0.2) is 0 Å². The Morgan fingerprint density at radius 2 is 1.19 bits per heavy atom. The van der Waals surface area contributed by atoms with Gasteiger partial charge in [-0.2, -0.15) is 0 Å². The van der Waals surface area contributed by atoms with E-state index in [2.05, 4.69) is 12.2 Å². The van der Waals surface area contributed by atoms with E-state index >= 15 is 0 Å². The number of unbranched alkanes of at least 4 members (excludes halogenated alkanes) is 11. The van der Waals surface area contributed by atoms with Crippen molar-refractivity contribution in [3.05, 3.63) is 0 Å². The Labute approximate surface area is 161 Å². The SMILES string of the molecule is CCCCCCCCCCCCCCNC(=O)CCCC(=O)OCCC. The molecule has 154 valence electrons. The van der Waals surface area contributed by atoms with E-state index in [4.69, 9.17) is 4.74 Å². The van der Waals surface area contributed by atoms with Crippen molar-refractivity contribution in [2.45, 2.75) is 117 Å². The van der Waals surface area contributed by atoms with Gasteiger partial charge in [-0.3, -0.25) is 9.59 Å². The molecule has 0 saturated heterocycles. The standard InChI is InChI=1S/C22H43NO3/c1-3-5-6-7-8-9-10-11-12-13-14-15-19-23-21(24)17-16-18-22(25)26-20-4-2/h3-20H2,1-2H3,(H,23,24). The van der Waals surface area contributed by atoms with Crippen molar-refractivity contribution >= 4 is 11.9 Å². The van der Waals surface area contributed by atoms with Crippen LogP contribution in [-0.4, -0.2) is 25.0 Å². The normalized spacial score (nSPS) is 10.7. The van der Waals surface area contributed by atoms with Crippen molar-refractivity contribution in [2.75, 3.05) is 13.2 Å². The second-order valence-corrected chi connectivity index (χ2v) is 7.31. The highest BCUT2D eigenvalue weighted by Crippen LogP contribution is 2.11. The minimum atomic E-state index is -0.194. The zero-order chi connectivity index (χ0) is 19.3. The number of rotatable bonds is 19. The van der Waals surface area contributed by atoms with E-state index < -0.39 is 0 Å². The van der Waals surface area contributed by atoms with E-state index in [0.29, 0.717) is 25.9 Å². The minimum Gasteiger partial charge on any atom is -0.466 e. The molecule has 1 N–H and O–H groups in total.